The van der Waals surface area contributed by atoms with Crippen LogP contribution in [0.15, 0.2) is 48.5 Å². The third-order valence-electron chi connectivity index (χ3n) is 6.45. The molecule has 2 aromatic rings. The Labute approximate surface area is 198 Å². The van der Waals surface area contributed by atoms with Crippen molar-refractivity contribution in [2.45, 2.75) is 44.2 Å². The Morgan fingerprint density at radius 3 is 2.24 bits per heavy atom. The van der Waals surface area contributed by atoms with Gasteiger partial charge in [0, 0.05) is 18.9 Å². The molecule has 2 aromatic carbocycles. The summed E-state index contributed by atoms with van der Waals surface area (Å²) in [7, 11) is 0. The summed E-state index contributed by atoms with van der Waals surface area (Å²) < 4.78 is 10.8. The van der Waals surface area contributed by atoms with E-state index in [2.05, 4.69) is 22.8 Å². The van der Waals surface area contributed by atoms with E-state index in [0.717, 1.165) is 22.3 Å². The van der Waals surface area contributed by atoms with Gasteiger partial charge in [-0.15, -0.1) is 0 Å². The van der Waals surface area contributed by atoms with Crippen molar-refractivity contribution in [3.8, 4) is 11.1 Å². The summed E-state index contributed by atoms with van der Waals surface area (Å²) >= 11 is 0. The summed E-state index contributed by atoms with van der Waals surface area (Å²) in [5, 5.41) is 14.9. The highest BCUT2D eigenvalue weighted by atomic mass is 16.5. The van der Waals surface area contributed by atoms with Gasteiger partial charge in [0.15, 0.2) is 5.54 Å². The van der Waals surface area contributed by atoms with Gasteiger partial charge in [-0.3, -0.25) is 4.79 Å². The molecule has 1 unspecified atom stereocenters. The summed E-state index contributed by atoms with van der Waals surface area (Å²) in [4.78, 5) is 37.5. The molecule has 2 amide bonds. The molecular formula is C26H30N2O6. The quantitative estimate of drug-likeness (QED) is 0.550. The van der Waals surface area contributed by atoms with E-state index in [1.54, 1.807) is 0 Å². The van der Waals surface area contributed by atoms with Crippen molar-refractivity contribution in [3.63, 3.8) is 0 Å². The molecule has 1 aliphatic heterocycles. The fourth-order valence-electron chi connectivity index (χ4n) is 4.69. The highest BCUT2D eigenvalue weighted by molar-refractivity contribution is 5.91. The van der Waals surface area contributed by atoms with Gasteiger partial charge in [0.25, 0.3) is 0 Å². The van der Waals surface area contributed by atoms with Gasteiger partial charge in [0.2, 0.25) is 5.91 Å². The Bertz CT molecular complexity index is 1030. The second kappa shape index (κ2) is 9.85. The van der Waals surface area contributed by atoms with Crippen molar-refractivity contribution >= 4 is 18.0 Å². The summed E-state index contributed by atoms with van der Waals surface area (Å²) in [6, 6.07) is 15.2. The Balaban J connectivity index is 1.43. The topological polar surface area (TPSA) is 114 Å². The smallest absolute Gasteiger partial charge is 0.407 e. The largest absolute Gasteiger partial charge is 0.479 e. The first-order valence-corrected chi connectivity index (χ1v) is 11.6. The lowest BCUT2D eigenvalue weighted by molar-refractivity contribution is -0.148. The zero-order chi connectivity index (χ0) is 24.3. The molecule has 0 bridgehead atoms. The van der Waals surface area contributed by atoms with Crippen LogP contribution in [0.2, 0.25) is 0 Å². The number of fused-ring (bicyclic) bond motifs is 3. The molecule has 8 nitrogen and oxygen atoms in total. The molecule has 3 N–H and O–H groups in total. The number of hydrogen-bond donors (Lipinski definition) is 3. The summed E-state index contributed by atoms with van der Waals surface area (Å²) in [6.45, 7) is 4.12. The van der Waals surface area contributed by atoms with Crippen LogP contribution in [0.4, 0.5) is 4.79 Å². The number of ether oxygens (including phenoxy) is 2. The Morgan fingerprint density at radius 1 is 1.09 bits per heavy atom. The molecule has 4 rings (SSSR count). The van der Waals surface area contributed by atoms with Crippen molar-refractivity contribution in [2.24, 2.45) is 5.92 Å². The lowest BCUT2D eigenvalue weighted by atomic mass is 9.96. The predicted octanol–water partition coefficient (Wildman–Crippen LogP) is 3.30. The molecule has 1 aliphatic carbocycles. The molecule has 1 saturated heterocycles. The number of carbonyl (C=O) groups excluding carboxylic acids is 2. The van der Waals surface area contributed by atoms with Gasteiger partial charge in [-0.05, 0) is 34.6 Å². The Hall–Kier alpha value is -3.39. The maximum atomic E-state index is 13.0. The Kier molecular flexibility index (Phi) is 6.88. The lowest BCUT2D eigenvalue weighted by Gasteiger charge is -2.28. The number of carboxylic acid groups (broad SMARTS) is 1. The predicted molar refractivity (Wildman–Crippen MR) is 125 cm³/mol. The highest BCUT2D eigenvalue weighted by Gasteiger charge is 2.45. The number of aliphatic carboxylic acids is 1. The van der Waals surface area contributed by atoms with E-state index in [0.29, 0.717) is 6.42 Å². The normalized spacial score (nSPS) is 19.9. The maximum absolute atomic E-state index is 13.0. The van der Waals surface area contributed by atoms with Crippen LogP contribution in [0.3, 0.4) is 0 Å². The summed E-state index contributed by atoms with van der Waals surface area (Å²) in [5.41, 5.74) is 2.97. The summed E-state index contributed by atoms with van der Waals surface area (Å²) in [6.07, 6.45) is -0.199. The Morgan fingerprint density at radius 2 is 1.71 bits per heavy atom. The number of hydrogen-bond acceptors (Lipinski definition) is 5. The van der Waals surface area contributed by atoms with E-state index in [9.17, 15) is 19.5 Å². The monoisotopic (exact) mass is 466 g/mol. The molecule has 0 radical (unpaired) electrons. The first-order valence-electron chi connectivity index (χ1n) is 11.6. The van der Waals surface area contributed by atoms with E-state index in [-0.39, 0.29) is 38.1 Å². The highest BCUT2D eigenvalue weighted by Crippen LogP contribution is 2.44. The molecular weight excluding hydrogens is 436 g/mol. The first kappa shape index (κ1) is 23.8. The number of rotatable bonds is 8. The van der Waals surface area contributed by atoms with Crippen LogP contribution in [0.25, 0.3) is 11.1 Å². The van der Waals surface area contributed by atoms with Crippen molar-refractivity contribution in [1.82, 2.24) is 10.6 Å². The van der Waals surface area contributed by atoms with Crippen LogP contribution in [-0.2, 0) is 19.1 Å². The van der Waals surface area contributed by atoms with Crippen molar-refractivity contribution in [1.29, 1.82) is 0 Å². The number of amides is 2. The van der Waals surface area contributed by atoms with Crippen molar-refractivity contribution in [2.75, 3.05) is 19.8 Å². The molecule has 2 aliphatic rings. The number of benzene rings is 2. The van der Waals surface area contributed by atoms with Crippen LogP contribution in [0.1, 0.15) is 43.7 Å². The number of nitrogens with one attached hydrogen (secondary N) is 2. The minimum Gasteiger partial charge on any atom is -0.479 e. The van der Waals surface area contributed by atoms with Gasteiger partial charge < -0.3 is 25.2 Å². The average molecular weight is 467 g/mol. The van der Waals surface area contributed by atoms with Crippen LogP contribution >= 0.6 is 0 Å². The van der Waals surface area contributed by atoms with Crippen LogP contribution < -0.4 is 10.6 Å². The lowest BCUT2D eigenvalue weighted by Crippen LogP contribution is -2.60. The van der Waals surface area contributed by atoms with Crippen LogP contribution in [0.5, 0.6) is 0 Å². The van der Waals surface area contributed by atoms with E-state index in [1.165, 1.54) is 0 Å². The van der Waals surface area contributed by atoms with Crippen LogP contribution in [-0.4, -0.2) is 54.5 Å². The standard InChI is InChI=1S/C26H30N2O6/c1-16(2)13-22(23(29)28-26(24(30)31)11-12-33-15-26)27-25(32)34-14-21-19-9-5-3-7-17(19)18-8-4-6-10-20(18)21/h3-10,16,21-22H,11-15H2,1-2H3,(H,27,32)(H,28,29)(H,30,31)/t22-,26?/m0/s1. The zero-order valence-corrected chi connectivity index (χ0v) is 19.4. The molecule has 1 heterocycles. The average Bonchev–Trinajstić information content (AvgIpc) is 3.41. The van der Waals surface area contributed by atoms with E-state index < -0.39 is 29.6 Å². The maximum Gasteiger partial charge on any atom is 0.407 e. The van der Waals surface area contributed by atoms with E-state index >= 15 is 0 Å². The molecule has 0 aromatic heterocycles. The number of carboxylic acids is 1. The van der Waals surface area contributed by atoms with Crippen LogP contribution in [0, 0.1) is 5.92 Å². The zero-order valence-electron chi connectivity index (χ0n) is 19.4. The first-order chi connectivity index (χ1) is 16.3. The number of alkyl carbamates (subject to hydrolysis) is 1. The third-order valence-corrected chi connectivity index (χ3v) is 6.45. The SMILES string of the molecule is CC(C)C[C@H](NC(=O)OCC1c2ccccc2-c2ccccc21)C(=O)NC1(C(=O)O)CCOC1. The fraction of sp³-hybridized carbons (Fsp3) is 0.423. The second-order valence-corrected chi connectivity index (χ2v) is 9.33. The molecule has 1 fully saturated rings. The molecule has 0 saturated carbocycles. The number of carbonyl (C=O) groups is 3. The van der Waals surface area contributed by atoms with Gasteiger partial charge >= 0.3 is 12.1 Å². The molecule has 8 heteroatoms. The van der Waals surface area contributed by atoms with Gasteiger partial charge in [0.1, 0.15) is 12.6 Å². The second-order valence-electron chi connectivity index (χ2n) is 9.33. The molecule has 180 valence electrons. The molecule has 2 atom stereocenters. The minimum atomic E-state index is -1.48. The third kappa shape index (κ3) is 4.77. The van der Waals surface area contributed by atoms with Crippen molar-refractivity contribution in [3.05, 3.63) is 59.7 Å². The van der Waals surface area contributed by atoms with Gasteiger partial charge in [-0.2, -0.15) is 0 Å². The summed E-state index contributed by atoms with van der Waals surface area (Å²) in [5.74, 6) is -1.72. The van der Waals surface area contributed by atoms with Crippen molar-refractivity contribution < 1.29 is 29.0 Å². The molecule has 0 spiro atoms. The minimum absolute atomic E-state index is 0.0882. The van der Waals surface area contributed by atoms with Gasteiger partial charge in [-0.25, -0.2) is 9.59 Å². The van der Waals surface area contributed by atoms with Gasteiger partial charge in [-0.1, -0.05) is 62.4 Å². The van der Waals surface area contributed by atoms with E-state index in [4.69, 9.17) is 9.47 Å². The van der Waals surface area contributed by atoms with E-state index in [1.807, 2.05) is 50.2 Å². The van der Waals surface area contributed by atoms with Gasteiger partial charge in [0.05, 0.1) is 6.61 Å². The molecule has 34 heavy (non-hydrogen) atoms. The fourth-order valence-corrected chi connectivity index (χ4v) is 4.69.